The van der Waals surface area contributed by atoms with E-state index in [-0.39, 0.29) is 11.9 Å². The molecule has 0 aromatic heterocycles. The molecule has 0 N–H and O–H groups in total. The largest absolute Gasteiger partial charge is 0.490 e. The zero-order valence-corrected chi connectivity index (χ0v) is 17.2. The van der Waals surface area contributed by atoms with E-state index in [9.17, 15) is 8.42 Å². The maximum atomic E-state index is 12.4. The predicted molar refractivity (Wildman–Crippen MR) is 111 cm³/mol. The fraction of sp³-hybridized carbons (Fsp3) is 0.455. The van der Waals surface area contributed by atoms with Gasteiger partial charge in [0, 0.05) is 13.1 Å². The summed E-state index contributed by atoms with van der Waals surface area (Å²) in [7, 11) is -3.19. The van der Waals surface area contributed by atoms with Crippen molar-refractivity contribution >= 4 is 9.84 Å². The molecular formula is C22H29NO4S. The monoisotopic (exact) mass is 403 g/mol. The van der Waals surface area contributed by atoms with Crippen molar-refractivity contribution in [2.75, 3.05) is 32.0 Å². The zero-order chi connectivity index (χ0) is 19.8. The van der Waals surface area contributed by atoms with E-state index in [0.29, 0.717) is 17.9 Å². The SMILES string of the molecule is CCOc1ccccc1OC1CCN(CCCS(=O)(=O)c2ccccc2)CC1. The van der Waals surface area contributed by atoms with Crippen LogP contribution in [0.1, 0.15) is 26.2 Å². The van der Waals surface area contributed by atoms with Crippen LogP contribution in [0.25, 0.3) is 0 Å². The first-order valence-electron chi connectivity index (χ1n) is 9.97. The molecule has 0 bridgehead atoms. The van der Waals surface area contributed by atoms with E-state index in [1.165, 1.54) is 0 Å². The lowest BCUT2D eigenvalue weighted by Crippen LogP contribution is -2.39. The number of rotatable bonds is 9. The van der Waals surface area contributed by atoms with Gasteiger partial charge in [0.2, 0.25) is 0 Å². The average Bonchev–Trinajstić information content (AvgIpc) is 2.71. The Balaban J connectivity index is 1.42. The van der Waals surface area contributed by atoms with Gasteiger partial charge in [0.25, 0.3) is 0 Å². The van der Waals surface area contributed by atoms with Crippen molar-refractivity contribution in [3.63, 3.8) is 0 Å². The van der Waals surface area contributed by atoms with Crippen LogP contribution < -0.4 is 9.47 Å². The normalized spacial score (nSPS) is 16.0. The first kappa shape index (κ1) is 20.7. The first-order valence-corrected chi connectivity index (χ1v) is 11.6. The number of likely N-dealkylation sites (tertiary alicyclic amines) is 1. The molecule has 1 aliphatic rings. The number of hydrogen-bond acceptors (Lipinski definition) is 5. The van der Waals surface area contributed by atoms with Crippen LogP contribution in [-0.4, -0.2) is 51.4 Å². The van der Waals surface area contributed by atoms with Gasteiger partial charge in [-0.15, -0.1) is 0 Å². The number of nitrogens with zero attached hydrogens (tertiary/aromatic N) is 1. The van der Waals surface area contributed by atoms with Crippen LogP contribution in [0.2, 0.25) is 0 Å². The van der Waals surface area contributed by atoms with Crippen LogP contribution in [0, 0.1) is 0 Å². The molecule has 1 fully saturated rings. The van der Waals surface area contributed by atoms with Crippen LogP contribution in [0.3, 0.4) is 0 Å². The summed E-state index contributed by atoms with van der Waals surface area (Å²) in [5.74, 6) is 1.78. The van der Waals surface area contributed by atoms with Crippen molar-refractivity contribution in [1.82, 2.24) is 4.90 Å². The third-order valence-corrected chi connectivity index (χ3v) is 6.78. The third-order valence-electron chi connectivity index (χ3n) is 4.97. The lowest BCUT2D eigenvalue weighted by Gasteiger charge is -2.32. The van der Waals surface area contributed by atoms with Crippen LogP contribution in [-0.2, 0) is 9.84 Å². The molecule has 1 saturated heterocycles. The highest BCUT2D eigenvalue weighted by Crippen LogP contribution is 2.29. The number of benzene rings is 2. The second-order valence-electron chi connectivity index (χ2n) is 7.02. The minimum atomic E-state index is -3.19. The molecule has 0 saturated carbocycles. The molecule has 6 heteroatoms. The second kappa shape index (κ2) is 9.94. The van der Waals surface area contributed by atoms with E-state index in [2.05, 4.69) is 4.90 Å². The molecule has 152 valence electrons. The second-order valence-corrected chi connectivity index (χ2v) is 9.13. The van der Waals surface area contributed by atoms with Crippen LogP contribution >= 0.6 is 0 Å². The molecule has 0 aliphatic carbocycles. The molecule has 1 heterocycles. The van der Waals surface area contributed by atoms with Gasteiger partial charge in [-0.3, -0.25) is 0 Å². The van der Waals surface area contributed by atoms with Gasteiger partial charge >= 0.3 is 0 Å². The van der Waals surface area contributed by atoms with Crippen LogP contribution in [0.15, 0.2) is 59.5 Å². The summed E-state index contributed by atoms with van der Waals surface area (Å²) in [6.45, 7) is 5.23. The highest BCUT2D eigenvalue weighted by Gasteiger charge is 2.22. The standard InChI is InChI=1S/C22H29NO4S/c1-2-26-21-11-6-7-12-22(21)27-19-13-16-23(17-14-19)15-8-18-28(24,25)20-9-4-3-5-10-20/h3-7,9-12,19H,2,8,13-18H2,1H3. The topological polar surface area (TPSA) is 55.8 Å². The lowest BCUT2D eigenvalue weighted by atomic mass is 10.1. The van der Waals surface area contributed by atoms with E-state index >= 15 is 0 Å². The van der Waals surface area contributed by atoms with Crippen LogP contribution in [0.5, 0.6) is 11.5 Å². The van der Waals surface area contributed by atoms with Crippen molar-refractivity contribution in [1.29, 1.82) is 0 Å². The van der Waals surface area contributed by atoms with Gasteiger partial charge < -0.3 is 14.4 Å². The fourth-order valence-corrected chi connectivity index (χ4v) is 4.79. The summed E-state index contributed by atoms with van der Waals surface area (Å²) in [6, 6.07) is 16.5. The Morgan fingerprint density at radius 1 is 0.964 bits per heavy atom. The highest BCUT2D eigenvalue weighted by atomic mass is 32.2. The molecule has 0 atom stereocenters. The Morgan fingerprint density at radius 3 is 2.29 bits per heavy atom. The fourth-order valence-electron chi connectivity index (χ4n) is 3.48. The Hall–Kier alpha value is -2.05. The van der Waals surface area contributed by atoms with E-state index in [1.807, 2.05) is 37.3 Å². The molecule has 3 rings (SSSR count). The number of ether oxygens (including phenoxy) is 2. The van der Waals surface area contributed by atoms with Gasteiger partial charge in [-0.1, -0.05) is 30.3 Å². The van der Waals surface area contributed by atoms with E-state index in [1.54, 1.807) is 24.3 Å². The van der Waals surface area contributed by atoms with Gasteiger partial charge in [-0.05, 0) is 57.0 Å². The van der Waals surface area contributed by atoms with Crippen molar-refractivity contribution in [2.45, 2.75) is 37.2 Å². The Morgan fingerprint density at radius 2 is 1.61 bits per heavy atom. The van der Waals surface area contributed by atoms with Gasteiger partial charge in [-0.2, -0.15) is 0 Å². The number of sulfone groups is 1. The molecule has 5 nitrogen and oxygen atoms in total. The molecule has 0 spiro atoms. The molecular weight excluding hydrogens is 374 g/mol. The molecule has 1 aliphatic heterocycles. The minimum absolute atomic E-state index is 0.172. The molecule has 0 unspecified atom stereocenters. The van der Waals surface area contributed by atoms with E-state index in [0.717, 1.165) is 44.0 Å². The summed E-state index contributed by atoms with van der Waals surface area (Å²) < 4.78 is 36.5. The molecule has 2 aromatic rings. The molecule has 0 radical (unpaired) electrons. The Bertz CT molecular complexity index is 831. The summed E-state index contributed by atoms with van der Waals surface area (Å²) in [5, 5.41) is 0. The van der Waals surface area contributed by atoms with E-state index in [4.69, 9.17) is 9.47 Å². The van der Waals surface area contributed by atoms with Gasteiger partial charge in [0.1, 0.15) is 6.10 Å². The van der Waals surface area contributed by atoms with Gasteiger partial charge in [0.05, 0.1) is 17.3 Å². The number of hydrogen-bond donors (Lipinski definition) is 0. The smallest absolute Gasteiger partial charge is 0.178 e. The Kier molecular flexibility index (Phi) is 7.34. The maximum Gasteiger partial charge on any atom is 0.178 e. The maximum absolute atomic E-state index is 12.4. The summed E-state index contributed by atoms with van der Waals surface area (Å²) in [4.78, 5) is 2.74. The zero-order valence-electron chi connectivity index (χ0n) is 16.4. The lowest BCUT2D eigenvalue weighted by molar-refractivity contribution is 0.0974. The third kappa shape index (κ3) is 5.72. The number of piperidine rings is 1. The first-order chi connectivity index (χ1) is 13.6. The van der Waals surface area contributed by atoms with Crippen molar-refractivity contribution < 1.29 is 17.9 Å². The molecule has 28 heavy (non-hydrogen) atoms. The average molecular weight is 404 g/mol. The van der Waals surface area contributed by atoms with Crippen molar-refractivity contribution in [2.24, 2.45) is 0 Å². The molecule has 2 aromatic carbocycles. The quantitative estimate of drug-likeness (QED) is 0.638. The van der Waals surface area contributed by atoms with Crippen molar-refractivity contribution in [3.05, 3.63) is 54.6 Å². The highest BCUT2D eigenvalue weighted by molar-refractivity contribution is 7.91. The summed E-state index contributed by atoms with van der Waals surface area (Å²) in [6.07, 6.45) is 2.69. The summed E-state index contributed by atoms with van der Waals surface area (Å²) in [5.41, 5.74) is 0. The van der Waals surface area contributed by atoms with Crippen molar-refractivity contribution in [3.8, 4) is 11.5 Å². The minimum Gasteiger partial charge on any atom is -0.490 e. The van der Waals surface area contributed by atoms with E-state index < -0.39 is 9.84 Å². The predicted octanol–water partition coefficient (Wildman–Crippen LogP) is 3.79. The molecule has 0 amide bonds. The van der Waals surface area contributed by atoms with Crippen LogP contribution in [0.4, 0.5) is 0 Å². The number of para-hydroxylation sites is 2. The van der Waals surface area contributed by atoms with Gasteiger partial charge in [-0.25, -0.2) is 8.42 Å². The summed E-state index contributed by atoms with van der Waals surface area (Å²) >= 11 is 0. The van der Waals surface area contributed by atoms with Gasteiger partial charge in [0.15, 0.2) is 21.3 Å². The Labute approximate surface area is 168 Å².